The molecule has 3 heterocycles. The van der Waals surface area contributed by atoms with Gasteiger partial charge in [-0.1, -0.05) is 6.07 Å². The van der Waals surface area contributed by atoms with E-state index in [0.717, 1.165) is 37.1 Å². The molecule has 0 atom stereocenters. The molecule has 0 aliphatic carbocycles. The summed E-state index contributed by atoms with van der Waals surface area (Å²) in [6.07, 6.45) is 3.82. The summed E-state index contributed by atoms with van der Waals surface area (Å²) in [7, 11) is 0. The highest BCUT2D eigenvalue weighted by Gasteiger charge is 2.41. The predicted octanol–water partition coefficient (Wildman–Crippen LogP) is 2.13. The van der Waals surface area contributed by atoms with Crippen molar-refractivity contribution in [2.24, 2.45) is 0 Å². The molecular formula is C18H18N2O3. The van der Waals surface area contributed by atoms with Gasteiger partial charge in [-0.2, -0.15) is 0 Å². The number of H-pyrrole nitrogens is 1. The van der Waals surface area contributed by atoms with E-state index < -0.39 is 0 Å². The minimum atomic E-state index is -0.338. The van der Waals surface area contributed by atoms with E-state index in [1.165, 1.54) is 6.07 Å². The molecule has 0 saturated carbocycles. The summed E-state index contributed by atoms with van der Waals surface area (Å²) in [6, 6.07) is 8.90. The van der Waals surface area contributed by atoms with Crippen LogP contribution in [0.25, 0.3) is 11.1 Å². The number of rotatable bonds is 1. The molecule has 5 nitrogen and oxygen atoms in total. The second-order valence-corrected chi connectivity index (χ2v) is 6.29. The standard InChI is InChI=1S/C18H18N2O3/c21-15-10-18(5-7-19-8-6-18)23-16-3-1-12(9-14(15)16)13-2-4-17(22)20-11-13/h1-4,9,11,19H,5-8,10H2,(H,20,22). The van der Waals surface area contributed by atoms with Crippen LogP contribution in [0.3, 0.4) is 0 Å². The molecule has 2 aromatic rings. The zero-order valence-electron chi connectivity index (χ0n) is 12.7. The van der Waals surface area contributed by atoms with Crippen LogP contribution >= 0.6 is 0 Å². The Kier molecular flexibility index (Phi) is 3.31. The van der Waals surface area contributed by atoms with Crippen molar-refractivity contribution in [3.63, 3.8) is 0 Å². The largest absolute Gasteiger partial charge is 0.486 e. The number of fused-ring (bicyclic) bond motifs is 1. The van der Waals surface area contributed by atoms with Crippen molar-refractivity contribution in [1.29, 1.82) is 0 Å². The van der Waals surface area contributed by atoms with Crippen molar-refractivity contribution in [3.8, 4) is 16.9 Å². The van der Waals surface area contributed by atoms with Gasteiger partial charge in [0.1, 0.15) is 11.4 Å². The number of aromatic nitrogens is 1. The van der Waals surface area contributed by atoms with Gasteiger partial charge in [-0.05, 0) is 42.4 Å². The molecule has 118 valence electrons. The second kappa shape index (κ2) is 5.35. The van der Waals surface area contributed by atoms with Crippen molar-refractivity contribution in [2.45, 2.75) is 24.9 Å². The van der Waals surface area contributed by atoms with Crippen molar-refractivity contribution >= 4 is 5.78 Å². The molecule has 1 aromatic carbocycles. The molecule has 0 amide bonds. The molecule has 4 rings (SSSR count). The minimum Gasteiger partial charge on any atom is -0.486 e. The van der Waals surface area contributed by atoms with Crippen LogP contribution < -0.4 is 15.6 Å². The molecule has 1 spiro atoms. The lowest BCUT2D eigenvalue weighted by atomic mass is 9.82. The molecule has 1 fully saturated rings. The SMILES string of the molecule is O=C1CC2(CCNCC2)Oc2ccc(-c3ccc(=O)[nH]c3)cc21. The molecule has 2 aliphatic rings. The van der Waals surface area contributed by atoms with E-state index in [1.807, 2.05) is 18.2 Å². The molecule has 0 radical (unpaired) electrons. The van der Waals surface area contributed by atoms with Crippen LogP contribution in [-0.2, 0) is 0 Å². The maximum absolute atomic E-state index is 12.6. The first-order valence-electron chi connectivity index (χ1n) is 7.91. The molecule has 23 heavy (non-hydrogen) atoms. The van der Waals surface area contributed by atoms with E-state index in [0.29, 0.717) is 17.7 Å². The molecular weight excluding hydrogens is 292 g/mol. The average molecular weight is 310 g/mol. The summed E-state index contributed by atoms with van der Waals surface area (Å²) in [5.74, 6) is 0.816. The van der Waals surface area contributed by atoms with Crippen molar-refractivity contribution in [3.05, 3.63) is 52.4 Å². The Bertz CT molecular complexity index is 799. The average Bonchev–Trinajstić information content (AvgIpc) is 2.56. The number of pyridine rings is 1. The third-order valence-corrected chi connectivity index (χ3v) is 4.72. The van der Waals surface area contributed by atoms with Crippen molar-refractivity contribution in [2.75, 3.05) is 13.1 Å². The fourth-order valence-electron chi connectivity index (χ4n) is 3.42. The third-order valence-electron chi connectivity index (χ3n) is 4.72. The van der Waals surface area contributed by atoms with Gasteiger partial charge in [0, 0.05) is 25.1 Å². The summed E-state index contributed by atoms with van der Waals surface area (Å²) in [5, 5.41) is 3.31. The van der Waals surface area contributed by atoms with E-state index in [4.69, 9.17) is 4.74 Å². The van der Waals surface area contributed by atoms with Crippen LogP contribution in [0.15, 0.2) is 41.3 Å². The molecule has 1 saturated heterocycles. The molecule has 0 unspecified atom stereocenters. The maximum atomic E-state index is 12.6. The molecule has 2 aliphatic heterocycles. The van der Waals surface area contributed by atoms with E-state index in [1.54, 1.807) is 12.3 Å². The van der Waals surface area contributed by atoms with Gasteiger partial charge in [0.15, 0.2) is 5.78 Å². The lowest BCUT2D eigenvalue weighted by Crippen LogP contribution is -2.49. The predicted molar refractivity (Wildman–Crippen MR) is 86.9 cm³/mol. The highest BCUT2D eigenvalue weighted by atomic mass is 16.5. The minimum absolute atomic E-state index is 0.138. The molecule has 0 bridgehead atoms. The lowest BCUT2D eigenvalue weighted by Gasteiger charge is -2.41. The van der Waals surface area contributed by atoms with Gasteiger partial charge in [0.25, 0.3) is 0 Å². The first kappa shape index (κ1) is 14.2. The Balaban J connectivity index is 1.70. The number of hydrogen-bond acceptors (Lipinski definition) is 4. The smallest absolute Gasteiger partial charge is 0.247 e. The highest BCUT2D eigenvalue weighted by Crippen LogP contribution is 2.39. The van der Waals surface area contributed by atoms with E-state index >= 15 is 0 Å². The first-order chi connectivity index (χ1) is 11.2. The van der Waals surface area contributed by atoms with Gasteiger partial charge in [0.05, 0.1) is 12.0 Å². The Morgan fingerprint density at radius 2 is 1.78 bits per heavy atom. The second-order valence-electron chi connectivity index (χ2n) is 6.29. The molecule has 1 aromatic heterocycles. The van der Waals surface area contributed by atoms with Crippen LogP contribution in [0.4, 0.5) is 0 Å². The summed E-state index contributed by atoms with van der Waals surface area (Å²) >= 11 is 0. The Morgan fingerprint density at radius 1 is 1.00 bits per heavy atom. The van der Waals surface area contributed by atoms with Gasteiger partial charge in [0.2, 0.25) is 5.56 Å². The monoisotopic (exact) mass is 310 g/mol. The number of ketones is 1. The summed E-state index contributed by atoms with van der Waals surface area (Å²) in [6.45, 7) is 1.77. The quantitative estimate of drug-likeness (QED) is 0.846. The number of carbonyl (C=O) groups excluding carboxylic acids is 1. The number of aromatic amines is 1. The van der Waals surface area contributed by atoms with Gasteiger partial charge in [-0.15, -0.1) is 0 Å². The number of benzene rings is 1. The van der Waals surface area contributed by atoms with Crippen LogP contribution in [-0.4, -0.2) is 29.5 Å². The zero-order chi connectivity index (χ0) is 15.9. The van der Waals surface area contributed by atoms with Gasteiger partial charge < -0.3 is 15.0 Å². The lowest BCUT2D eigenvalue weighted by molar-refractivity contribution is 0.0188. The first-order valence-corrected chi connectivity index (χ1v) is 7.91. The van der Waals surface area contributed by atoms with Crippen LogP contribution in [0.5, 0.6) is 5.75 Å². The van der Waals surface area contributed by atoms with Crippen LogP contribution in [0.1, 0.15) is 29.6 Å². The Hall–Kier alpha value is -2.40. The molecule has 5 heteroatoms. The number of piperidine rings is 1. The van der Waals surface area contributed by atoms with E-state index in [2.05, 4.69) is 10.3 Å². The Labute approximate surface area is 133 Å². The van der Waals surface area contributed by atoms with E-state index in [-0.39, 0.29) is 16.9 Å². The number of ether oxygens (including phenoxy) is 1. The topological polar surface area (TPSA) is 71.2 Å². The van der Waals surface area contributed by atoms with Crippen LogP contribution in [0.2, 0.25) is 0 Å². The Morgan fingerprint density at radius 3 is 2.52 bits per heavy atom. The fraction of sp³-hybridized carbons (Fsp3) is 0.333. The normalized spacial score (nSPS) is 19.2. The zero-order valence-corrected chi connectivity index (χ0v) is 12.7. The van der Waals surface area contributed by atoms with Crippen molar-refractivity contribution < 1.29 is 9.53 Å². The third kappa shape index (κ3) is 2.57. The van der Waals surface area contributed by atoms with Gasteiger partial charge in [-0.3, -0.25) is 9.59 Å². The van der Waals surface area contributed by atoms with Crippen LogP contribution in [0, 0.1) is 0 Å². The van der Waals surface area contributed by atoms with Gasteiger partial charge in [-0.25, -0.2) is 0 Å². The fourth-order valence-corrected chi connectivity index (χ4v) is 3.42. The number of carbonyl (C=O) groups is 1. The number of Topliss-reactive ketones (excluding diaryl/α,β-unsaturated/α-hetero) is 1. The van der Waals surface area contributed by atoms with E-state index in [9.17, 15) is 9.59 Å². The summed E-state index contributed by atoms with van der Waals surface area (Å²) in [4.78, 5) is 26.5. The number of hydrogen-bond donors (Lipinski definition) is 2. The summed E-state index contributed by atoms with van der Waals surface area (Å²) in [5.41, 5.74) is 1.94. The number of nitrogens with one attached hydrogen (secondary N) is 2. The summed E-state index contributed by atoms with van der Waals surface area (Å²) < 4.78 is 6.22. The van der Waals surface area contributed by atoms with Gasteiger partial charge >= 0.3 is 0 Å². The maximum Gasteiger partial charge on any atom is 0.247 e. The highest BCUT2D eigenvalue weighted by molar-refractivity contribution is 6.01. The molecule has 2 N–H and O–H groups in total. The van der Waals surface area contributed by atoms with Crippen molar-refractivity contribution in [1.82, 2.24) is 10.3 Å².